The number of benzene rings is 14. The molecule has 0 fully saturated rings. The van der Waals surface area contributed by atoms with Gasteiger partial charge in [0.2, 0.25) is 0 Å². The molecule has 0 bridgehead atoms. The van der Waals surface area contributed by atoms with Gasteiger partial charge >= 0.3 is 0 Å². The number of hydrogen-bond acceptors (Lipinski definition) is 2. The Balaban J connectivity index is 0.975. The van der Waals surface area contributed by atoms with E-state index in [2.05, 4.69) is 301 Å². The molecule has 346 valence electrons. The Hall–Kier alpha value is -9.76. The third-order valence-corrected chi connectivity index (χ3v) is 15.0. The number of hydrogen-bond donors (Lipinski definition) is 0. The fraction of sp³-hybridized carbons (Fsp3) is 0. The minimum absolute atomic E-state index is 1.12. The van der Waals surface area contributed by atoms with Crippen molar-refractivity contribution in [3.63, 3.8) is 0 Å². The largest absolute Gasteiger partial charge is 0.309 e. The van der Waals surface area contributed by atoms with Crippen LogP contribution in [0.3, 0.4) is 0 Å². The van der Waals surface area contributed by atoms with E-state index in [0.29, 0.717) is 0 Å². The van der Waals surface area contributed by atoms with Gasteiger partial charge in [-0.3, -0.25) is 0 Å². The molecule has 14 aromatic rings. The number of fused-ring (bicyclic) bond motifs is 6. The first-order valence-corrected chi connectivity index (χ1v) is 25.5. The third kappa shape index (κ3) is 7.03. The van der Waals surface area contributed by atoms with Crippen LogP contribution in [-0.4, -0.2) is 0 Å². The van der Waals surface area contributed by atoms with Crippen molar-refractivity contribution in [2.45, 2.75) is 0 Å². The molecule has 0 saturated heterocycles. The number of para-hydroxylation sites is 4. The van der Waals surface area contributed by atoms with Gasteiger partial charge in [-0.05, 0) is 125 Å². The Morgan fingerprint density at radius 1 is 0.149 bits per heavy atom. The van der Waals surface area contributed by atoms with Crippen LogP contribution in [0.25, 0.3) is 98.0 Å². The summed E-state index contributed by atoms with van der Waals surface area (Å²) in [7, 11) is 0. The van der Waals surface area contributed by atoms with E-state index in [9.17, 15) is 0 Å². The highest BCUT2D eigenvalue weighted by Gasteiger charge is 2.25. The molecule has 0 atom stereocenters. The van der Waals surface area contributed by atoms with Crippen LogP contribution in [0.2, 0.25) is 0 Å². The second-order valence-corrected chi connectivity index (χ2v) is 19.1. The molecule has 0 aliphatic heterocycles. The first-order valence-electron chi connectivity index (χ1n) is 25.5. The van der Waals surface area contributed by atoms with E-state index < -0.39 is 0 Å². The Morgan fingerprint density at radius 2 is 0.351 bits per heavy atom. The van der Waals surface area contributed by atoms with Gasteiger partial charge in [-0.25, -0.2) is 0 Å². The summed E-state index contributed by atoms with van der Waals surface area (Å²) in [5, 5.41) is 14.5. The lowest BCUT2D eigenvalue weighted by Gasteiger charge is -2.29. The maximum atomic E-state index is 2.43. The number of nitrogens with zero attached hydrogens (tertiary/aromatic N) is 2. The van der Waals surface area contributed by atoms with E-state index in [1.165, 1.54) is 109 Å². The highest BCUT2D eigenvalue weighted by atomic mass is 15.2. The van der Waals surface area contributed by atoms with Gasteiger partial charge < -0.3 is 9.80 Å². The fourth-order valence-corrected chi connectivity index (χ4v) is 11.9. The summed E-state index contributed by atoms with van der Waals surface area (Å²) in [4.78, 5) is 4.85. The summed E-state index contributed by atoms with van der Waals surface area (Å²) < 4.78 is 0. The van der Waals surface area contributed by atoms with Gasteiger partial charge in [0.1, 0.15) is 0 Å². The number of rotatable bonds is 9. The molecule has 0 unspecified atom stereocenters. The summed E-state index contributed by atoms with van der Waals surface area (Å²) >= 11 is 0. The average Bonchev–Trinajstić information content (AvgIpc) is 3.47. The lowest BCUT2D eigenvalue weighted by Crippen LogP contribution is -2.11. The second-order valence-electron chi connectivity index (χ2n) is 19.1. The van der Waals surface area contributed by atoms with Gasteiger partial charge in [-0.15, -0.1) is 0 Å². The smallest absolute Gasteiger partial charge is 0.0618 e. The minimum atomic E-state index is 1.12. The van der Waals surface area contributed by atoms with Crippen molar-refractivity contribution in [3.8, 4) is 33.4 Å². The molecule has 0 spiro atoms. The Kier molecular flexibility index (Phi) is 10.6. The van der Waals surface area contributed by atoms with Crippen LogP contribution in [0.4, 0.5) is 34.1 Å². The van der Waals surface area contributed by atoms with Crippen molar-refractivity contribution in [2.24, 2.45) is 0 Å². The zero-order valence-corrected chi connectivity index (χ0v) is 40.6. The van der Waals surface area contributed by atoms with Gasteiger partial charge in [-0.2, -0.15) is 0 Å². The van der Waals surface area contributed by atoms with Crippen LogP contribution in [0.5, 0.6) is 0 Å². The molecule has 14 aromatic carbocycles. The first-order chi connectivity index (χ1) is 36.8. The molecule has 2 heteroatoms. The summed E-state index contributed by atoms with van der Waals surface area (Å²) in [5.41, 5.74) is 14.1. The number of anilines is 6. The van der Waals surface area contributed by atoms with E-state index in [-0.39, 0.29) is 0 Å². The monoisotopic (exact) mass is 940 g/mol. The average molecular weight is 941 g/mol. The summed E-state index contributed by atoms with van der Waals surface area (Å²) in [6.45, 7) is 0. The standard InChI is InChI=1S/C72H48N2/c1-5-25-49(26-6-1)73(50-27-7-2-8-28-50)71-65-37-17-13-33-61(65)69(62-34-14-18-38-66(62)71)59-47-23-43-55-53(41-21-45-57(55)59)54-42-22-46-58-56(54)44-24-48-60(58)70-63-35-15-19-39-67(63)72(68-40-20-16-36-64(68)70)74(51-29-9-3-10-30-51)52-31-11-4-12-32-52/h1-48H. The van der Waals surface area contributed by atoms with Crippen LogP contribution in [0, 0.1) is 0 Å². The molecular formula is C72H48N2. The highest BCUT2D eigenvalue weighted by molar-refractivity contribution is 6.27. The Morgan fingerprint density at radius 3 is 0.622 bits per heavy atom. The van der Waals surface area contributed by atoms with Crippen LogP contribution in [-0.2, 0) is 0 Å². The van der Waals surface area contributed by atoms with Crippen molar-refractivity contribution in [3.05, 3.63) is 291 Å². The highest BCUT2D eigenvalue weighted by Crippen LogP contribution is 2.52. The van der Waals surface area contributed by atoms with Crippen molar-refractivity contribution < 1.29 is 0 Å². The van der Waals surface area contributed by atoms with Gasteiger partial charge in [-0.1, -0.05) is 243 Å². The lowest BCUT2D eigenvalue weighted by atomic mass is 9.85. The normalized spacial score (nSPS) is 11.5. The quantitative estimate of drug-likeness (QED) is 0.133. The molecule has 14 rings (SSSR count). The Bertz CT molecular complexity index is 3940. The van der Waals surface area contributed by atoms with E-state index in [1.807, 2.05) is 0 Å². The molecule has 0 radical (unpaired) electrons. The molecule has 0 N–H and O–H groups in total. The van der Waals surface area contributed by atoms with Crippen LogP contribution >= 0.6 is 0 Å². The summed E-state index contributed by atoms with van der Waals surface area (Å²) in [6.07, 6.45) is 0. The molecule has 0 aromatic heterocycles. The maximum absolute atomic E-state index is 2.43. The summed E-state index contributed by atoms with van der Waals surface area (Å²) in [6, 6.07) is 106. The van der Waals surface area contributed by atoms with E-state index >= 15 is 0 Å². The van der Waals surface area contributed by atoms with Crippen molar-refractivity contribution >= 4 is 98.8 Å². The molecule has 2 nitrogen and oxygen atoms in total. The zero-order chi connectivity index (χ0) is 49.0. The van der Waals surface area contributed by atoms with Crippen LogP contribution < -0.4 is 9.80 Å². The predicted molar refractivity (Wildman–Crippen MR) is 317 cm³/mol. The fourth-order valence-electron chi connectivity index (χ4n) is 11.9. The van der Waals surface area contributed by atoms with Crippen molar-refractivity contribution in [1.82, 2.24) is 0 Å². The minimum Gasteiger partial charge on any atom is -0.309 e. The van der Waals surface area contributed by atoms with Crippen molar-refractivity contribution in [1.29, 1.82) is 0 Å². The SMILES string of the molecule is c1ccc(N(c2ccccc2)c2c3ccccc3c(-c3cccc4c(-c5cccc6c(-c7c8ccccc8c(N(c8ccccc8)c8ccccc8)c8ccccc78)cccc56)cccc34)c3ccccc23)cc1. The van der Waals surface area contributed by atoms with Gasteiger partial charge in [0, 0.05) is 44.3 Å². The first kappa shape index (κ1) is 43.1. The van der Waals surface area contributed by atoms with Gasteiger partial charge in [0.05, 0.1) is 11.4 Å². The molecule has 0 aliphatic rings. The Labute approximate surface area is 430 Å². The molecule has 74 heavy (non-hydrogen) atoms. The lowest BCUT2D eigenvalue weighted by molar-refractivity contribution is 1.31. The molecule has 0 aliphatic carbocycles. The maximum Gasteiger partial charge on any atom is 0.0618 e. The van der Waals surface area contributed by atoms with Crippen LogP contribution in [0.15, 0.2) is 291 Å². The van der Waals surface area contributed by atoms with Crippen LogP contribution in [0.1, 0.15) is 0 Å². The summed E-state index contributed by atoms with van der Waals surface area (Å²) in [5.74, 6) is 0. The second kappa shape index (κ2) is 18.1. The third-order valence-electron chi connectivity index (χ3n) is 15.0. The molecule has 0 saturated carbocycles. The molecule has 0 amide bonds. The topological polar surface area (TPSA) is 6.48 Å². The molecule has 0 heterocycles. The van der Waals surface area contributed by atoms with Crippen molar-refractivity contribution in [2.75, 3.05) is 9.80 Å². The van der Waals surface area contributed by atoms with E-state index in [4.69, 9.17) is 0 Å². The van der Waals surface area contributed by atoms with Gasteiger partial charge in [0.15, 0.2) is 0 Å². The predicted octanol–water partition coefficient (Wildman–Crippen LogP) is 20.5. The van der Waals surface area contributed by atoms with E-state index in [1.54, 1.807) is 0 Å². The van der Waals surface area contributed by atoms with Gasteiger partial charge in [0.25, 0.3) is 0 Å². The zero-order valence-electron chi connectivity index (χ0n) is 40.6. The molecular weight excluding hydrogens is 893 g/mol. The van der Waals surface area contributed by atoms with E-state index in [0.717, 1.165) is 22.7 Å².